The van der Waals surface area contributed by atoms with Crippen molar-refractivity contribution in [3.8, 4) is 0 Å². The van der Waals surface area contributed by atoms with E-state index in [-0.39, 0.29) is 18.4 Å². The maximum Gasteiger partial charge on any atom is 0.391 e. The van der Waals surface area contributed by atoms with E-state index in [9.17, 15) is 13.2 Å². The maximum atomic E-state index is 12.7. The van der Waals surface area contributed by atoms with Crippen LogP contribution in [-0.2, 0) is 4.74 Å². The lowest BCUT2D eigenvalue weighted by molar-refractivity contribution is -0.188. The third-order valence-corrected chi connectivity index (χ3v) is 4.65. The largest absolute Gasteiger partial charge is 0.391 e. The predicted molar refractivity (Wildman–Crippen MR) is 66.8 cm³/mol. The molecule has 1 aliphatic heterocycles. The monoisotopic (exact) mass is 280 g/mol. The molecular weight excluding hydrogens is 257 g/mol. The minimum Gasteiger partial charge on any atom is -0.380 e. The molecule has 1 heterocycles. The fraction of sp³-hybridized carbons (Fsp3) is 1.00. The van der Waals surface area contributed by atoms with Crippen LogP contribution in [0.15, 0.2) is 0 Å². The van der Waals surface area contributed by atoms with E-state index in [4.69, 9.17) is 10.5 Å². The number of rotatable bonds is 2. The van der Waals surface area contributed by atoms with Crippen molar-refractivity contribution in [3.63, 3.8) is 0 Å². The molecule has 2 rings (SSSR count). The van der Waals surface area contributed by atoms with Crippen molar-refractivity contribution < 1.29 is 17.9 Å². The summed E-state index contributed by atoms with van der Waals surface area (Å²) in [5, 5.41) is 0. The van der Waals surface area contributed by atoms with E-state index in [1.165, 1.54) is 0 Å². The van der Waals surface area contributed by atoms with Crippen molar-refractivity contribution in [2.24, 2.45) is 11.7 Å². The Morgan fingerprint density at radius 1 is 1.16 bits per heavy atom. The smallest absolute Gasteiger partial charge is 0.380 e. The van der Waals surface area contributed by atoms with Crippen molar-refractivity contribution in [2.75, 3.05) is 32.8 Å². The SMILES string of the molecule is NCC1(N2CCCOCC2)CCC(C(F)(F)F)CC1. The van der Waals surface area contributed by atoms with Gasteiger partial charge in [0.25, 0.3) is 0 Å². The first kappa shape index (κ1) is 15.1. The maximum absolute atomic E-state index is 12.7. The van der Waals surface area contributed by atoms with Gasteiger partial charge in [-0.15, -0.1) is 0 Å². The molecule has 0 radical (unpaired) electrons. The highest BCUT2D eigenvalue weighted by atomic mass is 19.4. The Kier molecular flexibility index (Phi) is 4.74. The van der Waals surface area contributed by atoms with Gasteiger partial charge in [0.2, 0.25) is 0 Å². The van der Waals surface area contributed by atoms with Crippen LogP contribution in [0, 0.1) is 5.92 Å². The number of hydrogen-bond donors (Lipinski definition) is 1. The van der Waals surface area contributed by atoms with Crippen LogP contribution in [-0.4, -0.2) is 49.5 Å². The second-order valence-corrected chi connectivity index (χ2v) is 5.70. The van der Waals surface area contributed by atoms with Gasteiger partial charge in [0.1, 0.15) is 0 Å². The Morgan fingerprint density at radius 3 is 2.42 bits per heavy atom. The molecule has 0 atom stereocenters. The Bertz CT molecular complexity index is 280. The molecule has 0 amide bonds. The van der Waals surface area contributed by atoms with Gasteiger partial charge < -0.3 is 10.5 Å². The topological polar surface area (TPSA) is 38.5 Å². The van der Waals surface area contributed by atoms with Crippen LogP contribution in [0.3, 0.4) is 0 Å². The molecule has 0 aromatic heterocycles. The molecule has 112 valence electrons. The lowest BCUT2D eigenvalue weighted by Crippen LogP contribution is -2.57. The molecule has 0 aromatic carbocycles. The predicted octanol–water partition coefficient (Wildman–Crippen LogP) is 2.16. The summed E-state index contributed by atoms with van der Waals surface area (Å²) in [6.45, 7) is 3.51. The molecule has 0 spiro atoms. The Morgan fingerprint density at radius 2 is 1.84 bits per heavy atom. The summed E-state index contributed by atoms with van der Waals surface area (Å²) in [6, 6.07) is 0. The van der Waals surface area contributed by atoms with E-state index in [1.54, 1.807) is 0 Å². The molecule has 0 aromatic rings. The van der Waals surface area contributed by atoms with E-state index in [0.29, 0.717) is 26.0 Å². The molecule has 1 saturated heterocycles. The van der Waals surface area contributed by atoms with Crippen molar-refractivity contribution in [3.05, 3.63) is 0 Å². The summed E-state index contributed by atoms with van der Waals surface area (Å²) in [4.78, 5) is 2.27. The van der Waals surface area contributed by atoms with Crippen LogP contribution >= 0.6 is 0 Å². The molecule has 3 nitrogen and oxygen atoms in total. The van der Waals surface area contributed by atoms with Crippen molar-refractivity contribution >= 4 is 0 Å². The molecule has 2 N–H and O–H groups in total. The van der Waals surface area contributed by atoms with E-state index in [2.05, 4.69) is 4.90 Å². The molecule has 1 saturated carbocycles. The van der Waals surface area contributed by atoms with E-state index in [1.807, 2.05) is 0 Å². The first-order chi connectivity index (χ1) is 8.98. The molecule has 2 fully saturated rings. The zero-order chi connectivity index (χ0) is 13.9. The van der Waals surface area contributed by atoms with E-state index in [0.717, 1.165) is 26.1 Å². The van der Waals surface area contributed by atoms with Gasteiger partial charge in [-0.25, -0.2) is 0 Å². The average molecular weight is 280 g/mol. The third-order valence-electron chi connectivity index (χ3n) is 4.65. The number of nitrogens with two attached hydrogens (primary N) is 1. The average Bonchev–Trinajstić information content (AvgIpc) is 2.67. The standard InChI is InChI=1S/C13H23F3N2O/c14-13(15,16)11-2-4-12(10-17,5-3-11)18-6-1-8-19-9-7-18/h11H,1-10,17H2. The molecule has 6 heteroatoms. The lowest BCUT2D eigenvalue weighted by atomic mass is 9.75. The van der Waals surface area contributed by atoms with Gasteiger partial charge in [0, 0.05) is 31.8 Å². The van der Waals surface area contributed by atoms with Gasteiger partial charge in [0.05, 0.1) is 12.5 Å². The number of halogens is 3. The first-order valence-electron chi connectivity index (χ1n) is 7.07. The normalized spacial score (nSPS) is 35.1. The second-order valence-electron chi connectivity index (χ2n) is 5.70. The summed E-state index contributed by atoms with van der Waals surface area (Å²) in [7, 11) is 0. The van der Waals surface area contributed by atoms with Crippen LogP contribution in [0.25, 0.3) is 0 Å². The van der Waals surface area contributed by atoms with E-state index >= 15 is 0 Å². The molecule has 0 bridgehead atoms. The fourth-order valence-electron chi connectivity index (χ4n) is 3.35. The molecule has 2 aliphatic rings. The first-order valence-corrected chi connectivity index (χ1v) is 7.07. The van der Waals surface area contributed by atoms with Gasteiger partial charge in [0.15, 0.2) is 0 Å². The van der Waals surface area contributed by atoms with Crippen LogP contribution < -0.4 is 5.73 Å². The Hall–Kier alpha value is -0.330. The van der Waals surface area contributed by atoms with Crippen molar-refractivity contribution in [1.29, 1.82) is 0 Å². The lowest BCUT2D eigenvalue weighted by Gasteiger charge is -2.47. The van der Waals surface area contributed by atoms with Crippen LogP contribution in [0.1, 0.15) is 32.1 Å². The number of alkyl halides is 3. The van der Waals surface area contributed by atoms with Crippen molar-refractivity contribution in [2.45, 2.75) is 43.8 Å². The van der Waals surface area contributed by atoms with Crippen molar-refractivity contribution in [1.82, 2.24) is 4.90 Å². The van der Waals surface area contributed by atoms with Gasteiger partial charge in [-0.3, -0.25) is 4.90 Å². The van der Waals surface area contributed by atoms with Gasteiger partial charge in [-0.05, 0) is 32.1 Å². The summed E-state index contributed by atoms with van der Waals surface area (Å²) in [5.74, 6) is -1.14. The molecule has 0 unspecified atom stereocenters. The summed E-state index contributed by atoms with van der Waals surface area (Å²) in [5.41, 5.74) is 5.67. The highest BCUT2D eigenvalue weighted by Gasteiger charge is 2.47. The second kappa shape index (κ2) is 5.97. The number of nitrogens with zero attached hydrogens (tertiary/aromatic N) is 1. The van der Waals surface area contributed by atoms with Gasteiger partial charge in [-0.1, -0.05) is 0 Å². The van der Waals surface area contributed by atoms with Crippen LogP contribution in [0.5, 0.6) is 0 Å². The fourth-order valence-corrected chi connectivity index (χ4v) is 3.35. The number of ether oxygens (including phenoxy) is 1. The highest BCUT2D eigenvalue weighted by molar-refractivity contribution is 4.97. The summed E-state index contributed by atoms with van der Waals surface area (Å²) < 4.78 is 43.6. The molecule has 1 aliphatic carbocycles. The highest BCUT2D eigenvalue weighted by Crippen LogP contribution is 2.43. The van der Waals surface area contributed by atoms with Gasteiger partial charge in [-0.2, -0.15) is 13.2 Å². The van der Waals surface area contributed by atoms with Crippen LogP contribution in [0.4, 0.5) is 13.2 Å². The summed E-state index contributed by atoms with van der Waals surface area (Å²) >= 11 is 0. The van der Waals surface area contributed by atoms with Crippen LogP contribution in [0.2, 0.25) is 0 Å². The summed E-state index contributed by atoms with van der Waals surface area (Å²) in [6.07, 6.45) is -1.61. The molecular formula is C13H23F3N2O. The third kappa shape index (κ3) is 3.41. The Balaban J connectivity index is 2.00. The zero-order valence-corrected chi connectivity index (χ0v) is 11.2. The minimum atomic E-state index is -4.05. The van der Waals surface area contributed by atoms with E-state index < -0.39 is 12.1 Å². The minimum absolute atomic E-state index is 0.206. The molecule has 19 heavy (non-hydrogen) atoms. The Labute approximate surface area is 112 Å². The number of hydrogen-bond acceptors (Lipinski definition) is 3. The quantitative estimate of drug-likeness (QED) is 0.842. The zero-order valence-electron chi connectivity index (χ0n) is 11.2. The van der Waals surface area contributed by atoms with Gasteiger partial charge >= 0.3 is 6.18 Å².